The van der Waals surface area contributed by atoms with E-state index < -0.39 is 10.0 Å². The number of carbonyl (C=O) groups excluding carboxylic acids is 1. The molecule has 3 atom stereocenters. The smallest absolute Gasteiger partial charge is 0.256 e. The summed E-state index contributed by atoms with van der Waals surface area (Å²) in [5.41, 5.74) is 2.63. The van der Waals surface area contributed by atoms with E-state index in [2.05, 4.69) is 15.7 Å². The van der Waals surface area contributed by atoms with Gasteiger partial charge in [-0.15, -0.1) is 0 Å². The zero-order valence-electron chi connectivity index (χ0n) is 22.0. The van der Waals surface area contributed by atoms with Crippen molar-refractivity contribution in [2.45, 2.75) is 38.3 Å². The molecule has 2 aliphatic heterocycles. The normalized spacial score (nSPS) is 21.8. The number of methoxy groups -OCH3 is 1. The Morgan fingerprint density at radius 3 is 2.74 bits per heavy atom. The van der Waals surface area contributed by atoms with Crippen LogP contribution in [0.4, 0.5) is 11.5 Å². The summed E-state index contributed by atoms with van der Waals surface area (Å²) in [6.07, 6.45) is 5.22. The van der Waals surface area contributed by atoms with Crippen LogP contribution in [0.2, 0.25) is 5.02 Å². The van der Waals surface area contributed by atoms with Crippen LogP contribution < -0.4 is 9.62 Å². The average molecular weight is 572 g/mol. The maximum absolute atomic E-state index is 13.8. The molecule has 39 heavy (non-hydrogen) atoms. The fraction of sp³-hybridized carbons (Fsp3) is 0.462. The molecule has 11 nitrogen and oxygen atoms in total. The third-order valence-corrected chi connectivity index (χ3v) is 8.10. The minimum absolute atomic E-state index is 0.178. The Bertz CT molecular complexity index is 1570. The van der Waals surface area contributed by atoms with E-state index in [1.807, 2.05) is 19.2 Å². The predicted octanol–water partition coefficient (Wildman–Crippen LogP) is 3.40. The molecule has 2 aromatic heterocycles. The number of halogens is 1. The quantitative estimate of drug-likeness (QED) is 0.476. The van der Waals surface area contributed by atoms with Gasteiger partial charge in [-0.2, -0.15) is 10.4 Å². The number of benzene rings is 1. The Hall–Kier alpha value is -3.40. The first-order valence-electron chi connectivity index (χ1n) is 12.7. The zero-order valence-corrected chi connectivity index (χ0v) is 23.5. The zero-order chi connectivity index (χ0) is 27.9. The number of aryl methyl sites for hydroxylation is 1. The third-order valence-electron chi connectivity index (χ3n) is 7.27. The monoisotopic (exact) mass is 571 g/mol. The molecule has 5 rings (SSSR count). The van der Waals surface area contributed by atoms with Crippen molar-refractivity contribution >= 4 is 44.7 Å². The van der Waals surface area contributed by atoms with E-state index >= 15 is 0 Å². The highest BCUT2D eigenvalue weighted by molar-refractivity contribution is 7.92. The van der Waals surface area contributed by atoms with E-state index in [-0.39, 0.29) is 35.2 Å². The van der Waals surface area contributed by atoms with Crippen molar-refractivity contribution in [3.8, 4) is 6.07 Å². The van der Waals surface area contributed by atoms with Gasteiger partial charge in [0.15, 0.2) is 5.65 Å². The summed E-state index contributed by atoms with van der Waals surface area (Å²) in [6.45, 7) is 3.57. The van der Waals surface area contributed by atoms with Crippen molar-refractivity contribution in [3.05, 3.63) is 52.3 Å². The number of rotatable bonds is 6. The van der Waals surface area contributed by atoms with E-state index in [0.717, 1.165) is 30.5 Å². The molecule has 0 spiro atoms. The summed E-state index contributed by atoms with van der Waals surface area (Å²) in [5, 5.41) is 14.6. The third kappa shape index (κ3) is 5.52. The Morgan fingerprint density at radius 1 is 1.26 bits per heavy atom. The molecule has 0 saturated carbocycles. The number of fused-ring (bicyclic) bond motifs is 1. The van der Waals surface area contributed by atoms with Crippen molar-refractivity contribution in [3.63, 3.8) is 0 Å². The highest BCUT2D eigenvalue weighted by atomic mass is 35.5. The van der Waals surface area contributed by atoms with Gasteiger partial charge in [0.05, 0.1) is 47.3 Å². The molecule has 4 heterocycles. The molecular formula is C26H30ClN7O4S. The molecule has 206 valence electrons. The second-order valence-corrected chi connectivity index (χ2v) is 12.3. The van der Waals surface area contributed by atoms with Gasteiger partial charge in [0, 0.05) is 49.6 Å². The van der Waals surface area contributed by atoms with Crippen LogP contribution in [-0.4, -0.2) is 72.9 Å². The molecule has 3 aromatic rings. The van der Waals surface area contributed by atoms with Crippen LogP contribution in [0.25, 0.3) is 5.65 Å². The van der Waals surface area contributed by atoms with Crippen LogP contribution in [0, 0.1) is 24.2 Å². The standard InChI is InChI=1S/C26H30ClN7O4S/c1-16-13-34-24(29-25(16)32-14-17(12-28)23(15-32)38-2)11-21(30-34)22-6-4-5-9-33(22)26(35)19-10-18(27)7-8-20(19)31-39(3,36)37/h7-8,10-11,13,17,22-23,31H,4-6,9,14-15H2,1-3H3/t17-,22-,23+/m0/s1. The molecule has 0 radical (unpaired) electrons. The predicted molar refractivity (Wildman–Crippen MR) is 147 cm³/mol. The van der Waals surface area contributed by atoms with Gasteiger partial charge < -0.3 is 14.5 Å². The Labute approximate surface area is 232 Å². The number of nitrogens with zero attached hydrogens (tertiary/aromatic N) is 6. The number of aromatic nitrogens is 3. The molecule has 1 N–H and O–H groups in total. The highest BCUT2D eigenvalue weighted by Crippen LogP contribution is 2.35. The van der Waals surface area contributed by atoms with Gasteiger partial charge in [-0.05, 0) is 44.4 Å². The van der Waals surface area contributed by atoms with E-state index in [1.54, 1.807) is 22.6 Å². The van der Waals surface area contributed by atoms with Gasteiger partial charge in [0.1, 0.15) is 5.82 Å². The first kappa shape index (κ1) is 27.2. The summed E-state index contributed by atoms with van der Waals surface area (Å²) in [4.78, 5) is 22.5. The van der Waals surface area contributed by atoms with E-state index in [4.69, 9.17) is 26.4 Å². The molecule has 2 aliphatic rings. The lowest BCUT2D eigenvalue weighted by Gasteiger charge is -2.35. The largest absolute Gasteiger partial charge is 0.378 e. The number of anilines is 2. The number of carbonyl (C=O) groups is 1. The van der Waals surface area contributed by atoms with Gasteiger partial charge in [-0.1, -0.05) is 11.6 Å². The summed E-state index contributed by atoms with van der Waals surface area (Å²) >= 11 is 6.20. The summed E-state index contributed by atoms with van der Waals surface area (Å²) in [6, 6.07) is 8.43. The maximum Gasteiger partial charge on any atom is 0.256 e. The number of hydrogen-bond acceptors (Lipinski definition) is 8. The number of likely N-dealkylation sites (tertiary alicyclic amines) is 1. The van der Waals surface area contributed by atoms with Gasteiger partial charge in [0.25, 0.3) is 5.91 Å². The van der Waals surface area contributed by atoms with Crippen molar-refractivity contribution in [1.29, 1.82) is 5.26 Å². The number of nitriles is 1. The first-order valence-corrected chi connectivity index (χ1v) is 15.0. The van der Waals surface area contributed by atoms with Gasteiger partial charge in [-0.3, -0.25) is 9.52 Å². The second-order valence-electron chi connectivity index (χ2n) is 10.1. The van der Waals surface area contributed by atoms with Crippen LogP contribution in [0.1, 0.15) is 46.9 Å². The van der Waals surface area contributed by atoms with Crippen molar-refractivity contribution in [2.24, 2.45) is 5.92 Å². The summed E-state index contributed by atoms with van der Waals surface area (Å²) in [5.74, 6) is 0.226. The van der Waals surface area contributed by atoms with E-state index in [0.29, 0.717) is 42.4 Å². The number of ether oxygens (including phenoxy) is 1. The van der Waals surface area contributed by atoms with Crippen molar-refractivity contribution in [2.75, 3.05) is 42.6 Å². The van der Waals surface area contributed by atoms with Crippen LogP contribution in [0.15, 0.2) is 30.5 Å². The lowest BCUT2D eigenvalue weighted by atomic mass is 9.98. The van der Waals surface area contributed by atoms with Gasteiger partial charge in [-0.25, -0.2) is 17.9 Å². The lowest BCUT2D eigenvalue weighted by molar-refractivity contribution is 0.0607. The molecule has 1 amide bonds. The molecule has 1 aromatic carbocycles. The van der Waals surface area contributed by atoms with Crippen LogP contribution >= 0.6 is 11.6 Å². The Morgan fingerprint density at radius 2 is 2.05 bits per heavy atom. The number of amides is 1. The fourth-order valence-electron chi connectivity index (χ4n) is 5.43. The number of hydrogen-bond donors (Lipinski definition) is 1. The molecule has 2 fully saturated rings. The van der Waals surface area contributed by atoms with Crippen molar-refractivity contribution in [1.82, 2.24) is 19.5 Å². The highest BCUT2D eigenvalue weighted by Gasteiger charge is 2.35. The minimum Gasteiger partial charge on any atom is -0.378 e. The molecule has 13 heteroatoms. The summed E-state index contributed by atoms with van der Waals surface area (Å²) < 4.78 is 33.5. The maximum atomic E-state index is 13.8. The van der Waals surface area contributed by atoms with Crippen LogP contribution in [0.3, 0.4) is 0 Å². The number of nitrogens with one attached hydrogen (secondary N) is 1. The van der Waals surface area contributed by atoms with E-state index in [1.165, 1.54) is 12.1 Å². The van der Waals surface area contributed by atoms with Crippen LogP contribution in [-0.2, 0) is 14.8 Å². The van der Waals surface area contributed by atoms with Gasteiger partial charge in [0.2, 0.25) is 10.0 Å². The van der Waals surface area contributed by atoms with Gasteiger partial charge >= 0.3 is 0 Å². The number of sulfonamides is 1. The van der Waals surface area contributed by atoms with Crippen LogP contribution in [0.5, 0.6) is 0 Å². The average Bonchev–Trinajstić information content (AvgIpc) is 3.51. The molecule has 0 aliphatic carbocycles. The first-order chi connectivity index (χ1) is 18.6. The topological polar surface area (TPSA) is 133 Å². The number of piperidine rings is 1. The fourth-order valence-corrected chi connectivity index (χ4v) is 6.18. The lowest BCUT2D eigenvalue weighted by Crippen LogP contribution is -2.39. The second kappa shape index (κ2) is 10.6. The Kier molecular flexibility index (Phi) is 7.41. The summed E-state index contributed by atoms with van der Waals surface area (Å²) in [7, 11) is -1.99. The molecule has 0 unspecified atom stereocenters. The van der Waals surface area contributed by atoms with Crippen molar-refractivity contribution < 1.29 is 17.9 Å². The minimum atomic E-state index is -3.60. The van der Waals surface area contributed by atoms with E-state index in [9.17, 15) is 18.5 Å². The molecular weight excluding hydrogens is 542 g/mol. The SMILES string of the molecule is CO[C@@H]1CN(c2nc3cc([C@@H]4CCCCN4C(=O)c4cc(Cl)ccc4NS(C)(=O)=O)nn3cc2C)C[C@@H]1C#N. The molecule has 2 saturated heterocycles. The Balaban J connectivity index is 1.47. The molecule has 0 bridgehead atoms.